The minimum absolute atomic E-state index is 0.0601. The van der Waals surface area contributed by atoms with E-state index < -0.39 is 0 Å². The van der Waals surface area contributed by atoms with Crippen LogP contribution in [0.25, 0.3) is 0 Å². The zero-order valence-electron chi connectivity index (χ0n) is 22.2. The van der Waals surface area contributed by atoms with Crippen molar-refractivity contribution in [3.8, 4) is 0 Å². The topological polar surface area (TPSA) is 105 Å². The molecular weight excluding hydrogens is 476 g/mol. The summed E-state index contributed by atoms with van der Waals surface area (Å²) < 4.78 is 32.3. The maximum atomic E-state index is 12.1. The number of rotatable bonds is 25. The van der Waals surface area contributed by atoms with Gasteiger partial charge < -0.3 is 38.6 Å². The summed E-state index contributed by atoms with van der Waals surface area (Å²) >= 11 is 1.79. The molecule has 2 amide bonds. The highest BCUT2D eigenvalue weighted by molar-refractivity contribution is 7.99. The number of thioether (sulfide) groups is 1. The van der Waals surface area contributed by atoms with Crippen LogP contribution >= 0.6 is 11.8 Å². The third-order valence-corrected chi connectivity index (χ3v) is 5.88. The first-order chi connectivity index (χ1) is 17.0. The van der Waals surface area contributed by atoms with Crippen LogP contribution < -0.4 is 5.32 Å². The molecule has 10 nitrogen and oxygen atoms in total. The zero-order valence-corrected chi connectivity index (χ0v) is 23.0. The first kappa shape index (κ1) is 33.9. The Bertz CT molecular complexity index is 502. The molecule has 0 aliphatic carbocycles. The fourth-order valence-electron chi connectivity index (χ4n) is 2.67. The average Bonchev–Trinajstić information content (AvgIpc) is 2.85. The highest BCUT2D eigenvalue weighted by Gasteiger charge is 2.13. The van der Waals surface area contributed by atoms with Gasteiger partial charge in [0.1, 0.15) is 6.61 Å². The summed E-state index contributed by atoms with van der Waals surface area (Å²) in [5.41, 5.74) is 0. The summed E-state index contributed by atoms with van der Waals surface area (Å²) in [4.78, 5) is 25.0. The standard InChI is InChI=1S/C24H48N2O8S/c1-5-7-23(27)25-9-11-29-12-13-30-14-15-31-16-17-32-18-19-33-20-21-34-24(28)26(6-2)10-8-22(3)35-4/h22H,5-21H2,1-4H3,(H,25,27). The van der Waals surface area contributed by atoms with Crippen LogP contribution in [0.3, 0.4) is 0 Å². The third kappa shape index (κ3) is 23.1. The summed E-state index contributed by atoms with van der Waals surface area (Å²) in [7, 11) is 0. The lowest BCUT2D eigenvalue weighted by Gasteiger charge is -2.21. The van der Waals surface area contributed by atoms with Gasteiger partial charge in [0.05, 0.1) is 66.1 Å². The summed E-state index contributed by atoms with van der Waals surface area (Å²) in [5.74, 6) is 0.0601. The number of carbonyl (C=O) groups is 2. The number of hydrogen-bond acceptors (Lipinski definition) is 9. The van der Waals surface area contributed by atoms with E-state index in [1.54, 1.807) is 16.7 Å². The van der Waals surface area contributed by atoms with Gasteiger partial charge in [0, 0.05) is 31.3 Å². The van der Waals surface area contributed by atoms with E-state index >= 15 is 0 Å². The molecule has 35 heavy (non-hydrogen) atoms. The fourth-order valence-corrected chi connectivity index (χ4v) is 3.01. The Labute approximate surface area is 216 Å². The third-order valence-electron chi connectivity index (χ3n) is 4.83. The molecular formula is C24H48N2O8S. The van der Waals surface area contributed by atoms with Crippen molar-refractivity contribution < 1.29 is 38.0 Å². The molecule has 0 bridgehead atoms. The van der Waals surface area contributed by atoms with Gasteiger partial charge in [0.15, 0.2) is 0 Å². The minimum Gasteiger partial charge on any atom is -0.447 e. The lowest BCUT2D eigenvalue weighted by atomic mass is 10.3. The van der Waals surface area contributed by atoms with Gasteiger partial charge in [0.25, 0.3) is 0 Å². The molecule has 0 rings (SSSR count). The lowest BCUT2D eigenvalue weighted by molar-refractivity contribution is -0.121. The first-order valence-electron chi connectivity index (χ1n) is 12.6. The molecule has 1 unspecified atom stereocenters. The van der Waals surface area contributed by atoms with Gasteiger partial charge in [0.2, 0.25) is 5.91 Å². The SMILES string of the molecule is CCCC(=O)NCCOCCOCCOCCOCCOCCOC(=O)N(CC)CCC(C)SC. The van der Waals surface area contributed by atoms with Crippen molar-refractivity contribution in [2.75, 3.05) is 98.6 Å². The Kier molecular flexibility index (Phi) is 25.1. The summed E-state index contributed by atoms with van der Waals surface area (Å²) in [6.45, 7) is 12.8. The molecule has 0 aliphatic heterocycles. The molecule has 0 aliphatic rings. The van der Waals surface area contributed by atoms with Crippen molar-refractivity contribution in [1.82, 2.24) is 10.2 Å². The van der Waals surface area contributed by atoms with Gasteiger partial charge >= 0.3 is 6.09 Å². The highest BCUT2D eigenvalue weighted by Crippen LogP contribution is 2.10. The number of ether oxygens (including phenoxy) is 6. The second-order valence-corrected chi connectivity index (χ2v) is 8.97. The van der Waals surface area contributed by atoms with E-state index in [1.807, 2.05) is 13.8 Å². The van der Waals surface area contributed by atoms with E-state index in [0.29, 0.717) is 97.4 Å². The molecule has 0 aromatic carbocycles. The Morgan fingerprint density at radius 2 is 1.29 bits per heavy atom. The zero-order chi connectivity index (χ0) is 26.0. The van der Waals surface area contributed by atoms with Crippen molar-refractivity contribution in [3.63, 3.8) is 0 Å². The summed E-state index contributed by atoms with van der Waals surface area (Å²) in [6.07, 6.45) is 4.13. The second kappa shape index (κ2) is 26.0. The summed E-state index contributed by atoms with van der Waals surface area (Å²) in [5, 5.41) is 3.31. The van der Waals surface area contributed by atoms with Gasteiger partial charge in [-0.1, -0.05) is 13.8 Å². The molecule has 0 radical (unpaired) electrons. The predicted octanol–water partition coefficient (Wildman–Crippen LogP) is 2.59. The molecule has 1 N–H and O–H groups in total. The van der Waals surface area contributed by atoms with E-state index in [-0.39, 0.29) is 18.6 Å². The molecule has 11 heteroatoms. The van der Waals surface area contributed by atoms with Gasteiger partial charge in [-0.15, -0.1) is 0 Å². The molecule has 0 aromatic rings. The van der Waals surface area contributed by atoms with E-state index in [1.165, 1.54) is 0 Å². The quantitative estimate of drug-likeness (QED) is 0.180. The second-order valence-electron chi connectivity index (χ2n) is 7.69. The monoisotopic (exact) mass is 524 g/mol. The van der Waals surface area contributed by atoms with E-state index in [9.17, 15) is 9.59 Å². The maximum absolute atomic E-state index is 12.1. The van der Waals surface area contributed by atoms with E-state index in [0.717, 1.165) is 12.8 Å². The van der Waals surface area contributed by atoms with Crippen molar-refractivity contribution in [2.45, 2.75) is 45.3 Å². The van der Waals surface area contributed by atoms with Gasteiger partial charge in [-0.25, -0.2) is 4.79 Å². The van der Waals surface area contributed by atoms with Crippen LogP contribution in [0.15, 0.2) is 0 Å². The maximum Gasteiger partial charge on any atom is 0.409 e. The van der Waals surface area contributed by atoms with Crippen molar-refractivity contribution in [3.05, 3.63) is 0 Å². The smallest absolute Gasteiger partial charge is 0.409 e. The molecule has 208 valence electrons. The lowest BCUT2D eigenvalue weighted by Crippen LogP contribution is -2.34. The van der Waals surface area contributed by atoms with Gasteiger partial charge in [-0.3, -0.25) is 4.79 Å². The molecule has 0 heterocycles. The number of amides is 2. The number of hydrogen-bond donors (Lipinski definition) is 1. The molecule has 0 aromatic heterocycles. The van der Waals surface area contributed by atoms with Gasteiger partial charge in [-0.05, 0) is 26.0 Å². The normalized spacial score (nSPS) is 11.9. The minimum atomic E-state index is -0.290. The Morgan fingerprint density at radius 1 is 0.800 bits per heavy atom. The van der Waals surface area contributed by atoms with Crippen LogP contribution in [0, 0.1) is 0 Å². The fraction of sp³-hybridized carbons (Fsp3) is 0.917. The van der Waals surface area contributed by atoms with E-state index in [2.05, 4.69) is 18.5 Å². The predicted molar refractivity (Wildman–Crippen MR) is 138 cm³/mol. The molecule has 1 atom stereocenters. The van der Waals surface area contributed by atoms with Crippen LogP contribution in [-0.2, 0) is 33.2 Å². The Balaban J connectivity index is 3.32. The Morgan fingerprint density at radius 3 is 1.74 bits per heavy atom. The number of carbonyl (C=O) groups excluding carboxylic acids is 2. The van der Waals surface area contributed by atoms with Crippen molar-refractivity contribution in [2.24, 2.45) is 0 Å². The molecule has 0 spiro atoms. The number of nitrogens with one attached hydrogen (secondary N) is 1. The van der Waals surface area contributed by atoms with Crippen molar-refractivity contribution >= 4 is 23.8 Å². The molecule has 0 fully saturated rings. The van der Waals surface area contributed by atoms with Gasteiger partial charge in [-0.2, -0.15) is 11.8 Å². The molecule has 0 saturated carbocycles. The largest absolute Gasteiger partial charge is 0.447 e. The molecule has 0 saturated heterocycles. The van der Waals surface area contributed by atoms with Crippen LogP contribution in [-0.4, -0.2) is 121 Å². The highest BCUT2D eigenvalue weighted by atomic mass is 32.2. The van der Waals surface area contributed by atoms with E-state index in [4.69, 9.17) is 28.4 Å². The van der Waals surface area contributed by atoms with Crippen molar-refractivity contribution in [1.29, 1.82) is 0 Å². The van der Waals surface area contributed by atoms with Crippen LogP contribution in [0.1, 0.15) is 40.0 Å². The summed E-state index contributed by atoms with van der Waals surface area (Å²) in [6, 6.07) is 0. The Hall–Kier alpha value is -1.11. The average molecular weight is 525 g/mol. The van der Waals surface area contributed by atoms with Crippen LogP contribution in [0.4, 0.5) is 4.79 Å². The number of nitrogens with zero attached hydrogens (tertiary/aromatic N) is 1. The first-order valence-corrected chi connectivity index (χ1v) is 13.9. The van der Waals surface area contributed by atoms with Crippen LogP contribution in [0.5, 0.6) is 0 Å². The van der Waals surface area contributed by atoms with Crippen LogP contribution in [0.2, 0.25) is 0 Å².